The van der Waals surface area contributed by atoms with E-state index < -0.39 is 17.4 Å². The highest BCUT2D eigenvalue weighted by molar-refractivity contribution is 6.02. The Hall–Kier alpha value is -2.15. The number of nitrogens with one attached hydrogen (secondary N) is 1. The molecule has 4 heterocycles. The molecule has 2 saturated heterocycles. The molecule has 2 amide bonds. The Bertz CT molecular complexity index is 710. The molecule has 0 aromatic carbocycles. The molecule has 0 radical (unpaired) electrons. The molecule has 4 rings (SSSR count). The van der Waals surface area contributed by atoms with Crippen molar-refractivity contribution in [1.29, 1.82) is 0 Å². The highest BCUT2D eigenvalue weighted by Gasteiger charge is 2.67. The Morgan fingerprint density at radius 2 is 2.30 bits per heavy atom. The highest BCUT2D eigenvalue weighted by atomic mass is 16.5. The van der Waals surface area contributed by atoms with Crippen LogP contribution in [0.25, 0.3) is 0 Å². The zero-order chi connectivity index (χ0) is 16.4. The van der Waals surface area contributed by atoms with Gasteiger partial charge in [-0.15, -0.1) is 0 Å². The predicted molar refractivity (Wildman–Crippen MR) is 80.6 cm³/mol. The largest absolute Gasteiger partial charge is 0.360 e. The van der Waals surface area contributed by atoms with E-state index in [2.05, 4.69) is 10.5 Å². The van der Waals surface area contributed by atoms with Gasteiger partial charge >= 0.3 is 0 Å². The van der Waals surface area contributed by atoms with Gasteiger partial charge in [0.25, 0.3) is 0 Å². The Balaban J connectivity index is 1.67. The van der Waals surface area contributed by atoms with E-state index in [0.29, 0.717) is 18.1 Å². The molecule has 7 heteroatoms. The van der Waals surface area contributed by atoms with Gasteiger partial charge in [0.05, 0.1) is 24.5 Å². The van der Waals surface area contributed by atoms with Crippen LogP contribution in [0.5, 0.6) is 0 Å². The fourth-order valence-electron chi connectivity index (χ4n) is 3.85. The maximum absolute atomic E-state index is 12.9. The molecule has 2 bridgehead atoms. The van der Waals surface area contributed by atoms with Gasteiger partial charge in [0.15, 0.2) is 5.82 Å². The number of aryl methyl sites for hydroxylation is 1. The smallest absolute Gasteiger partial charge is 0.235 e. The van der Waals surface area contributed by atoms with E-state index in [9.17, 15) is 9.59 Å². The average molecular weight is 317 g/mol. The number of carbonyl (C=O) groups excluding carboxylic acids is 2. The van der Waals surface area contributed by atoms with Crippen LogP contribution in [-0.2, 0) is 14.3 Å². The average Bonchev–Trinajstić information content (AvgIpc) is 3.19. The maximum Gasteiger partial charge on any atom is 0.235 e. The van der Waals surface area contributed by atoms with E-state index in [1.54, 1.807) is 17.9 Å². The fraction of sp³-hybridized carbons (Fsp3) is 0.562. The minimum Gasteiger partial charge on any atom is -0.360 e. The number of hydrogen-bond donors (Lipinski definition) is 1. The highest BCUT2D eigenvalue weighted by Crippen LogP contribution is 2.52. The zero-order valence-electron chi connectivity index (χ0n) is 13.3. The number of nitrogens with zero attached hydrogens (tertiary/aromatic N) is 2. The number of anilines is 1. The second-order valence-corrected chi connectivity index (χ2v) is 6.78. The van der Waals surface area contributed by atoms with Gasteiger partial charge in [0.2, 0.25) is 11.8 Å². The molecule has 3 aliphatic heterocycles. The van der Waals surface area contributed by atoms with Gasteiger partial charge in [-0.2, -0.15) is 0 Å². The number of carbonyl (C=O) groups is 2. The second-order valence-electron chi connectivity index (χ2n) is 6.78. The predicted octanol–water partition coefficient (Wildman–Crippen LogP) is 0.794. The summed E-state index contributed by atoms with van der Waals surface area (Å²) in [6.45, 7) is 5.94. The van der Waals surface area contributed by atoms with E-state index in [1.807, 2.05) is 26.0 Å². The monoisotopic (exact) mass is 317 g/mol. The van der Waals surface area contributed by atoms with Crippen molar-refractivity contribution in [2.24, 2.45) is 11.8 Å². The van der Waals surface area contributed by atoms with E-state index in [4.69, 9.17) is 9.26 Å². The van der Waals surface area contributed by atoms with Gasteiger partial charge in [0.1, 0.15) is 11.4 Å². The summed E-state index contributed by atoms with van der Waals surface area (Å²) < 4.78 is 11.1. The molecule has 23 heavy (non-hydrogen) atoms. The summed E-state index contributed by atoms with van der Waals surface area (Å²) >= 11 is 0. The third-order valence-electron chi connectivity index (χ3n) is 4.73. The van der Waals surface area contributed by atoms with Crippen LogP contribution in [-0.4, -0.2) is 41.3 Å². The van der Waals surface area contributed by atoms with Gasteiger partial charge < -0.3 is 14.6 Å². The first-order chi connectivity index (χ1) is 10.9. The lowest BCUT2D eigenvalue weighted by Crippen LogP contribution is -2.45. The van der Waals surface area contributed by atoms with Gasteiger partial charge in [-0.25, -0.2) is 0 Å². The third-order valence-corrected chi connectivity index (χ3v) is 4.73. The summed E-state index contributed by atoms with van der Waals surface area (Å²) in [5, 5.41) is 6.82. The quantitative estimate of drug-likeness (QED) is 0.833. The first-order valence-electron chi connectivity index (χ1n) is 7.83. The third kappa shape index (κ3) is 1.96. The van der Waals surface area contributed by atoms with Crippen LogP contribution in [0, 0.1) is 18.8 Å². The maximum atomic E-state index is 12.9. The van der Waals surface area contributed by atoms with Crippen LogP contribution in [0.2, 0.25) is 0 Å². The molecule has 2 fully saturated rings. The van der Waals surface area contributed by atoms with Crippen LogP contribution < -0.4 is 10.2 Å². The first kappa shape index (κ1) is 14.4. The molecule has 122 valence electrons. The summed E-state index contributed by atoms with van der Waals surface area (Å²) in [5.41, 5.74) is -0.729. The van der Waals surface area contributed by atoms with Crippen LogP contribution in [0.15, 0.2) is 22.7 Å². The number of rotatable bonds is 3. The van der Waals surface area contributed by atoms with E-state index in [0.717, 1.165) is 0 Å². The van der Waals surface area contributed by atoms with E-state index >= 15 is 0 Å². The standard InChI is InChI=1S/C16H19N3O4/c1-8(2)17-14(20)12-10-4-5-16(22-10)7-19(15(21)13(12)16)11-6-9(3)23-18-11/h4-6,8,10,12-13H,7H2,1-3H3,(H,17,20)/t10-,12-,13-,16-/m1/s1. The summed E-state index contributed by atoms with van der Waals surface area (Å²) in [4.78, 5) is 27.0. The molecule has 0 unspecified atom stereocenters. The minimum absolute atomic E-state index is 0.0207. The summed E-state index contributed by atoms with van der Waals surface area (Å²) in [7, 11) is 0. The molecule has 1 N–H and O–H groups in total. The van der Waals surface area contributed by atoms with Crippen LogP contribution in [0.3, 0.4) is 0 Å². The Kier molecular flexibility index (Phi) is 2.93. The van der Waals surface area contributed by atoms with Crippen molar-refractivity contribution in [3.05, 3.63) is 24.0 Å². The molecule has 0 aliphatic carbocycles. The molecular formula is C16H19N3O4. The number of hydrogen-bond acceptors (Lipinski definition) is 5. The van der Waals surface area contributed by atoms with Gasteiger partial charge in [0, 0.05) is 12.1 Å². The second kappa shape index (κ2) is 4.67. The molecule has 0 saturated carbocycles. The molecule has 3 aliphatic rings. The van der Waals surface area contributed by atoms with Gasteiger partial charge in [-0.1, -0.05) is 17.3 Å². The van der Waals surface area contributed by atoms with Crippen molar-refractivity contribution in [1.82, 2.24) is 10.5 Å². The van der Waals surface area contributed by atoms with Crippen molar-refractivity contribution in [2.75, 3.05) is 11.4 Å². The molecule has 1 aromatic heterocycles. The van der Waals surface area contributed by atoms with Crippen LogP contribution >= 0.6 is 0 Å². The normalized spacial score (nSPS) is 34.5. The summed E-state index contributed by atoms with van der Waals surface area (Å²) in [6.07, 6.45) is 3.49. The molecule has 4 atom stereocenters. The lowest BCUT2D eigenvalue weighted by molar-refractivity contribution is -0.132. The van der Waals surface area contributed by atoms with E-state index in [-0.39, 0.29) is 24.0 Å². The Morgan fingerprint density at radius 1 is 1.52 bits per heavy atom. The van der Waals surface area contributed by atoms with Crippen molar-refractivity contribution in [3.63, 3.8) is 0 Å². The zero-order valence-corrected chi connectivity index (χ0v) is 13.3. The number of aromatic nitrogens is 1. The summed E-state index contributed by atoms with van der Waals surface area (Å²) in [6, 6.07) is 1.74. The van der Waals surface area contributed by atoms with Crippen LogP contribution in [0.4, 0.5) is 5.82 Å². The SMILES string of the molecule is Cc1cc(N2C[C@@]34C=C[C@@H](O3)[C@@H](C(=O)NC(C)C)[C@@H]4C2=O)no1. The van der Waals surface area contributed by atoms with Crippen molar-refractivity contribution in [2.45, 2.75) is 38.5 Å². The minimum atomic E-state index is -0.729. The first-order valence-corrected chi connectivity index (χ1v) is 7.83. The number of fused-ring (bicyclic) bond motifs is 1. The fourth-order valence-corrected chi connectivity index (χ4v) is 3.85. The van der Waals surface area contributed by atoms with E-state index in [1.165, 1.54) is 0 Å². The van der Waals surface area contributed by atoms with Crippen LogP contribution in [0.1, 0.15) is 19.6 Å². The van der Waals surface area contributed by atoms with Gasteiger partial charge in [-0.05, 0) is 20.8 Å². The molecular weight excluding hydrogens is 298 g/mol. The Labute approximate surface area is 133 Å². The van der Waals surface area contributed by atoms with Crippen molar-refractivity contribution in [3.8, 4) is 0 Å². The number of amides is 2. The van der Waals surface area contributed by atoms with Gasteiger partial charge in [-0.3, -0.25) is 14.5 Å². The van der Waals surface area contributed by atoms with Crippen molar-refractivity contribution < 1.29 is 18.8 Å². The summed E-state index contributed by atoms with van der Waals surface area (Å²) in [5.74, 6) is -0.153. The molecule has 1 spiro atoms. The number of ether oxygens (including phenoxy) is 1. The molecule has 1 aromatic rings. The van der Waals surface area contributed by atoms with Crippen molar-refractivity contribution >= 4 is 17.6 Å². The lowest BCUT2D eigenvalue weighted by Gasteiger charge is -2.24. The lowest BCUT2D eigenvalue weighted by atomic mass is 9.76. The molecule has 7 nitrogen and oxygen atoms in total. The topological polar surface area (TPSA) is 84.7 Å². The Morgan fingerprint density at radius 3 is 2.96 bits per heavy atom.